The van der Waals surface area contributed by atoms with Gasteiger partial charge in [-0.3, -0.25) is 14.6 Å². The van der Waals surface area contributed by atoms with Crippen LogP contribution < -0.4 is 5.32 Å². The SMILES string of the molecule is CCCN(CCN1CCNCC1)CC(=O)N(C)C. The first-order valence-corrected chi connectivity index (χ1v) is 6.99. The predicted octanol–water partition coefficient (Wildman–Crippen LogP) is -0.308. The fraction of sp³-hybridized carbons (Fsp3) is 0.923. The van der Waals surface area contributed by atoms with Crippen molar-refractivity contribution < 1.29 is 4.79 Å². The number of rotatable bonds is 7. The molecule has 0 saturated carbocycles. The molecule has 0 aliphatic carbocycles. The third-order valence-corrected chi connectivity index (χ3v) is 3.34. The quantitative estimate of drug-likeness (QED) is 0.678. The standard InChI is InChI=1S/C13H28N4O/c1-4-7-17(12-13(18)15(2)3)11-10-16-8-5-14-6-9-16/h14H,4-12H2,1-3H3. The van der Waals surface area contributed by atoms with Gasteiger partial charge in [0.15, 0.2) is 0 Å². The van der Waals surface area contributed by atoms with Gasteiger partial charge in [0.05, 0.1) is 6.54 Å². The minimum absolute atomic E-state index is 0.198. The molecule has 1 rings (SSSR count). The minimum Gasteiger partial charge on any atom is -0.348 e. The van der Waals surface area contributed by atoms with Crippen LogP contribution in [0.5, 0.6) is 0 Å². The molecule has 0 aromatic carbocycles. The van der Waals surface area contributed by atoms with Gasteiger partial charge in [0, 0.05) is 53.4 Å². The highest BCUT2D eigenvalue weighted by atomic mass is 16.2. The summed E-state index contributed by atoms with van der Waals surface area (Å²) in [6, 6.07) is 0. The number of nitrogens with one attached hydrogen (secondary N) is 1. The lowest BCUT2D eigenvalue weighted by atomic mass is 10.3. The van der Waals surface area contributed by atoms with Gasteiger partial charge in [-0.05, 0) is 13.0 Å². The highest BCUT2D eigenvalue weighted by Crippen LogP contribution is 1.97. The lowest BCUT2D eigenvalue weighted by Gasteiger charge is -2.30. The zero-order valence-electron chi connectivity index (χ0n) is 12.1. The summed E-state index contributed by atoms with van der Waals surface area (Å²) < 4.78 is 0. The summed E-state index contributed by atoms with van der Waals surface area (Å²) in [6.45, 7) is 10.2. The summed E-state index contributed by atoms with van der Waals surface area (Å²) in [7, 11) is 3.64. The second-order valence-corrected chi connectivity index (χ2v) is 5.16. The van der Waals surface area contributed by atoms with Crippen LogP contribution in [0.4, 0.5) is 0 Å². The molecular weight excluding hydrogens is 228 g/mol. The fourth-order valence-corrected chi connectivity index (χ4v) is 2.14. The average Bonchev–Trinajstić information content (AvgIpc) is 2.37. The first-order chi connectivity index (χ1) is 8.63. The molecular formula is C13H28N4O. The van der Waals surface area contributed by atoms with Gasteiger partial charge >= 0.3 is 0 Å². The van der Waals surface area contributed by atoms with Crippen molar-refractivity contribution >= 4 is 5.91 Å². The smallest absolute Gasteiger partial charge is 0.236 e. The van der Waals surface area contributed by atoms with Crippen LogP contribution in [0, 0.1) is 0 Å². The first-order valence-electron chi connectivity index (χ1n) is 6.99. The van der Waals surface area contributed by atoms with Crippen LogP contribution in [0.2, 0.25) is 0 Å². The zero-order chi connectivity index (χ0) is 13.4. The number of likely N-dealkylation sites (N-methyl/N-ethyl adjacent to an activating group) is 1. The van der Waals surface area contributed by atoms with Crippen molar-refractivity contribution in [2.45, 2.75) is 13.3 Å². The van der Waals surface area contributed by atoms with Crippen LogP contribution in [0.15, 0.2) is 0 Å². The molecule has 0 bridgehead atoms. The summed E-state index contributed by atoms with van der Waals surface area (Å²) in [5.41, 5.74) is 0. The molecule has 0 aromatic heterocycles. The van der Waals surface area contributed by atoms with Crippen LogP contribution >= 0.6 is 0 Å². The molecule has 1 aliphatic heterocycles. The van der Waals surface area contributed by atoms with Gasteiger partial charge in [-0.2, -0.15) is 0 Å². The van der Waals surface area contributed by atoms with Crippen LogP contribution in [-0.4, -0.2) is 87.1 Å². The van der Waals surface area contributed by atoms with Gasteiger partial charge in [0.25, 0.3) is 0 Å². The topological polar surface area (TPSA) is 38.8 Å². The van der Waals surface area contributed by atoms with E-state index in [9.17, 15) is 4.79 Å². The number of hydrogen-bond donors (Lipinski definition) is 1. The Labute approximate surface area is 111 Å². The third-order valence-electron chi connectivity index (χ3n) is 3.34. The summed E-state index contributed by atoms with van der Waals surface area (Å²) >= 11 is 0. The van der Waals surface area contributed by atoms with Crippen molar-refractivity contribution in [1.29, 1.82) is 0 Å². The number of amides is 1. The van der Waals surface area contributed by atoms with Crippen molar-refractivity contribution in [2.24, 2.45) is 0 Å². The van der Waals surface area contributed by atoms with E-state index in [2.05, 4.69) is 22.0 Å². The number of hydrogen-bond acceptors (Lipinski definition) is 4. The molecule has 1 N–H and O–H groups in total. The van der Waals surface area contributed by atoms with E-state index in [1.54, 1.807) is 4.90 Å². The molecule has 0 aromatic rings. The second kappa shape index (κ2) is 8.45. The van der Waals surface area contributed by atoms with E-state index in [0.29, 0.717) is 6.54 Å². The number of piperazine rings is 1. The molecule has 18 heavy (non-hydrogen) atoms. The molecule has 1 amide bonds. The third kappa shape index (κ3) is 5.80. The Morgan fingerprint density at radius 2 is 1.89 bits per heavy atom. The van der Waals surface area contributed by atoms with Gasteiger partial charge in [0.2, 0.25) is 5.91 Å². The fourth-order valence-electron chi connectivity index (χ4n) is 2.14. The van der Waals surface area contributed by atoms with Crippen molar-refractivity contribution in [3.63, 3.8) is 0 Å². The Morgan fingerprint density at radius 3 is 2.44 bits per heavy atom. The Morgan fingerprint density at radius 1 is 1.22 bits per heavy atom. The second-order valence-electron chi connectivity index (χ2n) is 5.16. The Balaban J connectivity index is 2.29. The Bertz CT molecular complexity index is 239. The van der Waals surface area contributed by atoms with Crippen LogP contribution in [-0.2, 0) is 4.79 Å². The summed E-state index contributed by atoms with van der Waals surface area (Å²) in [4.78, 5) is 18.2. The molecule has 1 saturated heterocycles. The van der Waals surface area contributed by atoms with Crippen molar-refractivity contribution in [1.82, 2.24) is 20.0 Å². The normalized spacial score (nSPS) is 17.1. The molecule has 1 fully saturated rings. The van der Waals surface area contributed by atoms with E-state index in [-0.39, 0.29) is 5.91 Å². The van der Waals surface area contributed by atoms with E-state index in [1.807, 2.05) is 14.1 Å². The highest BCUT2D eigenvalue weighted by molar-refractivity contribution is 5.77. The van der Waals surface area contributed by atoms with E-state index >= 15 is 0 Å². The lowest BCUT2D eigenvalue weighted by Crippen LogP contribution is -2.47. The van der Waals surface area contributed by atoms with E-state index in [1.165, 1.54) is 0 Å². The molecule has 5 heteroatoms. The number of carbonyl (C=O) groups excluding carboxylic acids is 1. The maximum atomic E-state index is 11.7. The van der Waals surface area contributed by atoms with Crippen molar-refractivity contribution in [3.8, 4) is 0 Å². The molecule has 0 atom stereocenters. The number of carbonyl (C=O) groups is 1. The molecule has 106 valence electrons. The molecule has 0 spiro atoms. The van der Waals surface area contributed by atoms with Crippen LogP contribution in [0.25, 0.3) is 0 Å². The summed E-state index contributed by atoms with van der Waals surface area (Å²) in [5, 5.41) is 3.36. The van der Waals surface area contributed by atoms with Crippen molar-refractivity contribution in [3.05, 3.63) is 0 Å². The van der Waals surface area contributed by atoms with Gasteiger partial charge < -0.3 is 10.2 Å². The lowest BCUT2D eigenvalue weighted by molar-refractivity contribution is -0.129. The maximum absolute atomic E-state index is 11.7. The molecule has 5 nitrogen and oxygen atoms in total. The Hall–Kier alpha value is -0.650. The molecule has 0 radical (unpaired) electrons. The van der Waals surface area contributed by atoms with Crippen molar-refractivity contribution in [2.75, 3.05) is 66.5 Å². The average molecular weight is 256 g/mol. The molecule has 1 aliphatic rings. The number of nitrogens with zero attached hydrogens (tertiary/aromatic N) is 3. The Kier molecular flexibility index (Phi) is 7.23. The summed E-state index contributed by atoms with van der Waals surface area (Å²) in [6.07, 6.45) is 1.10. The largest absolute Gasteiger partial charge is 0.348 e. The van der Waals surface area contributed by atoms with Gasteiger partial charge in [0.1, 0.15) is 0 Å². The van der Waals surface area contributed by atoms with E-state index in [0.717, 1.165) is 52.2 Å². The zero-order valence-corrected chi connectivity index (χ0v) is 12.1. The summed E-state index contributed by atoms with van der Waals surface area (Å²) in [5.74, 6) is 0.198. The highest BCUT2D eigenvalue weighted by Gasteiger charge is 2.14. The predicted molar refractivity (Wildman–Crippen MR) is 74.7 cm³/mol. The van der Waals surface area contributed by atoms with Crippen LogP contribution in [0.1, 0.15) is 13.3 Å². The maximum Gasteiger partial charge on any atom is 0.236 e. The first kappa shape index (κ1) is 15.4. The van der Waals surface area contributed by atoms with E-state index < -0.39 is 0 Å². The van der Waals surface area contributed by atoms with E-state index in [4.69, 9.17) is 0 Å². The van der Waals surface area contributed by atoms with Gasteiger partial charge in [-0.1, -0.05) is 6.92 Å². The molecule has 0 unspecified atom stereocenters. The minimum atomic E-state index is 0.198. The monoisotopic (exact) mass is 256 g/mol. The van der Waals surface area contributed by atoms with Crippen LogP contribution in [0.3, 0.4) is 0 Å². The molecule has 1 heterocycles. The van der Waals surface area contributed by atoms with Gasteiger partial charge in [-0.25, -0.2) is 0 Å². The van der Waals surface area contributed by atoms with Gasteiger partial charge in [-0.15, -0.1) is 0 Å².